The first-order valence-corrected chi connectivity index (χ1v) is 12.8. The summed E-state index contributed by atoms with van der Waals surface area (Å²) in [7, 11) is 0. The van der Waals surface area contributed by atoms with E-state index in [2.05, 4.69) is 5.32 Å². The number of unbranched alkanes of at least 4 members (excludes halogenated alkanes) is 5. The number of carbonyl (C=O) groups excluding carboxylic acids is 1. The van der Waals surface area contributed by atoms with Crippen molar-refractivity contribution >= 4 is 5.91 Å². The number of hydrogen-bond acceptors (Lipinski definition) is 5. The lowest BCUT2D eigenvalue weighted by atomic mass is 10.1. The molecule has 3 aromatic rings. The molecule has 0 saturated carbocycles. The van der Waals surface area contributed by atoms with Crippen LogP contribution < -0.4 is 20.5 Å². The Morgan fingerprint density at radius 1 is 0.750 bits per heavy atom. The Morgan fingerprint density at radius 3 is 2.06 bits per heavy atom. The molecule has 1 atom stereocenters. The smallest absolute Gasteiger partial charge is 0.237 e. The van der Waals surface area contributed by atoms with E-state index in [1.54, 1.807) is 24.3 Å². The minimum Gasteiger partial charge on any atom is -0.508 e. The van der Waals surface area contributed by atoms with E-state index in [0.717, 1.165) is 61.2 Å². The first-order valence-electron chi connectivity index (χ1n) is 12.8. The fourth-order valence-corrected chi connectivity index (χ4v) is 3.82. The standard InChI is InChI=1S/C30H38N2O4/c31-29(22-24-12-14-26(33)15-13-24)30(34)32-20-8-3-1-2-4-9-21-35-27-16-18-28(19-17-27)36-23-25-10-6-5-7-11-25/h5-7,10-19,29,33H,1-4,8-9,20-23,31H2,(H,32,34)/t29-/m0/s1. The maximum atomic E-state index is 12.1. The number of rotatable bonds is 16. The molecular formula is C30H38N2O4. The van der Waals surface area contributed by atoms with Crippen molar-refractivity contribution < 1.29 is 19.4 Å². The van der Waals surface area contributed by atoms with Crippen LogP contribution in [0.25, 0.3) is 0 Å². The molecule has 0 aliphatic heterocycles. The number of nitrogens with one attached hydrogen (secondary N) is 1. The van der Waals surface area contributed by atoms with E-state index in [9.17, 15) is 9.90 Å². The van der Waals surface area contributed by atoms with Crippen LogP contribution in [0.4, 0.5) is 0 Å². The molecule has 0 saturated heterocycles. The normalized spacial score (nSPS) is 11.6. The number of carbonyl (C=O) groups is 1. The highest BCUT2D eigenvalue weighted by atomic mass is 16.5. The Labute approximate surface area is 214 Å². The number of nitrogens with two attached hydrogens (primary N) is 1. The third kappa shape index (κ3) is 10.4. The van der Waals surface area contributed by atoms with Crippen molar-refractivity contribution in [1.82, 2.24) is 5.32 Å². The molecule has 0 aromatic heterocycles. The van der Waals surface area contributed by atoms with E-state index >= 15 is 0 Å². The quantitative estimate of drug-likeness (QED) is 0.235. The number of aromatic hydroxyl groups is 1. The van der Waals surface area contributed by atoms with Gasteiger partial charge in [0.25, 0.3) is 0 Å². The zero-order valence-electron chi connectivity index (χ0n) is 20.9. The Bertz CT molecular complexity index is 1010. The zero-order chi connectivity index (χ0) is 25.4. The zero-order valence-corrected chi connectivity index (χ0v) is 20.9. The molecular weight excluding hydrogens is 452 g/mol. The maximum absolute atomic E-state index is 12.1. The molecule has 0 radical (unpaired) electrons. The summed E-state index contributed by atoms with van der Waals surface area (Å²) in [6.07, 6.45) is 6.94. The summed E-state index contributed by atoms with van der Waals surface area (Å²) in [4.78, 5) is 12.1. The van der Waals surface area contributed by atoms with E-state index in [-0.39, 0.29) is 11.7 Å². The van der Waals surface area contributed by atoms with Crippen LogP contribution >= 0.6 is 0 Å². The van der Waals surface area contributed by atoms with Crippen LogP contribution in [0.15, 0.2) is 78.9 Å². The van der Waals surface area contributed by atoms with Gasteiger partial charge in [-0.15, -0.1) is 0 Å². The first-order chi connectivity index (χ1) is 17.6. The molecule has 0 fully saturated rings. The Morgan fingerprint density at radius 2 is 1.36 bits per heavy atom. The SMILES string of the molecule is N[C@@H](Cc1ccc(O)cc1)C(=O)NCCCCCCCCOc1ccc(OCc2ccccc2)cc1. The number of hydrogen-bond donors (Lipinski definition) is 3. The van der Waals surface area contributed by atoms with Gasteiger partial charge in [-0.25, -0.2) is 0 Å². The van der Waals surface area contributed by atoms with Crippen molar-refractivity contribution in [1.29, 1.82) is 0 Å². The summed E-state index contributed by atoms with van der Waals surface area (Å²) in [6.45, 7) is 1.91. The lowest BCUT2D eigenvalue weighted by Crippen LogP contribution is -2.42. The van der Waals surface area contributed by atoms with Crippen molar-refractivity contribution in [3.05, 3.63) is 90.0 Å². The van der Waals surface area contributed by atoms with Gasteiger partial charge in [0.2, 0.25) is 5.91 Å². The summed E-state index contributed by atoms with van der Waals surface area (Å²) >= 11 is 0. The summed E-state index contributed by atoms with van der Waals surface area (Å²) in [6, 6.07) is 24.1. The lowest BCUT2D eigenvalue weighted by Gasteiger charge is -2.12. The lowest BCUT2D eigenvalue weighted by molar-refractivity contribution is -0.122. The van der Waals surface area contributed by atoms with Crippen LogP contribution in [0.5, 0.6) is 17.2 Å². The molecule has 36 heavy (non-hydrogen) atoms. The second kappa shape index (κ2) is 15.5. The highest BCUT2D eigenvalue weighted by Crippen LogP contribution is 2.19. The van der Waals surface area contributed by atoms with Gasteiger partial charge in [0.15, 0.2) is 0 Å². The van der Waals surface area contributed by atoms with Crippen LogP contribution in [-0.4, -0.2) is 30.2 Å². The highest BCUT2D eigenvalue weighted by Gasteiger charge is 2.13. The molecule has 0 heterocycles. The van der Waals surface area contributed by atoms with E-state index in [4.69, 9.17) is 15.2 Å². The average molecular weight is 491 g/mol. The van der Waals surface area contributed by atoms with Crippen molar-refractivity contribution in [2.45, 2.75) is 57.6 Å². The van der Waals surface area contributed by atoms with Crippen molar-refractivity contribution in [2.75, 3.05) is 13.2 Å². The van der Waals surface area contributed by atoms with Gasteiger partial charge in [-0.05, 0) is 66.8 Å². The van der Waals surface area contributed by atoms with Gasteiger partial charge < -0.3 is 25.6 Å². The first kappa shape index (κ1) is 27.1. The molecule has 0 aliphatic rings. The molecule has 3 aromatic carbocycles. The summed E-state index contributed by atoms with van der Waals surface area (Å²) < 4.78 is 11.6. The van der Waals surface area contributed by atoms with Crippen LogP contribution in [-0.2, 0) is 17.8 Å². The Balaban J connectivity index is 1.15. The molecule has 4 N–H and O–H groups in total. The van der Waals surface area contributed by atoms with Gasteiger partial charge in [0.1, 0.15) is 23.9 Å². The number of amides is 1. The van der Waals surface area contributed by atoms with Gasteiger partial charge in [0.05, 0.1) is 12.6 Å². The molecule has 1 amide bonds. The second-order valence-corrected chi connectivity index (χ2v) is 8.98. The third-order valence-corrected chi connectivity index (χ3v) is 5.94. The molecule has 0 unspecified atom stereocenters. The topological polar surface area (TPSA) is 93.8 Å². The predicted octanol–water partition coefficient (Wildman–Crippen LogP) is 5.38. The molecule has 0 aliphatic carbocycles. The van der Waals surface area contributed by atoms with E-state index in [1.165, 1.54) is 0 Å². The van der Waals surface area contributed by atoms with Gasteiger partial charge in [-0.3, -0.25) is 4.79 Å². The van der Waals surface area contributed by atoms with Crippen LogP contribution in [0.3, 0.4) is 0 Å². The summed E-state index contributed by atoms with van der Waals surface area (Å²) in [5.74, 6) is 1.78. The number of ether oxygens (including phenoxy) is 2. The van der Waals surface area contributed by atoms with Crippen molar-refractivity contribution in [3.63, 3.8) is 0 Å². The van der Waals surface area contributed by atoms with Crippen molar-refractivity contribution in [2.24, 2.45) is 5.73 Å². The van der Waals surface area contributed by atoms with Crippen LogP contribution in [0.1, 0.15) is 49.7 Å². The molecule has 6 nitrogen and oxygen atoms in total. The van der Waals surface area contributed by atoms with E-state index in [1.807, 2.05) is 54.6 Å². The molecule has 0 spiro atoms. The van der Waals surface area contributed by atoms with E-state index < -0.39 is 6.04 Å². The van der Waals surface area contributed by atoms with Crippen LogP contribution in [0.2, 0.25) is 0 Å². The van der Waals surface area contributed by atoms with Gasteiger partial charge >= 0.3 is 0 Å². The largest absolute Gasteiger partial charge is 0.508 e. The second-order valence-electron chi connectivity index (χ2n) is 8.98. The number of benzene rings is 3. The number of phenols is 1. The van der Waals surface area contributed by atoms with Gasteiger partial charge in [-0.2, -0.15) is 0 Å². The minimum absolute atomic E-state index is 0.129. The molecule has 6 heteroatoms. The van der Waals surface area contributed by atoms with Gasteiger partial charge in [-0.1, -0.05) is 68.1 Å². The molecule has 0 bridgehead atoms. The van der Waals surface area contributed by atoms with Crippen LogP contribution in [0, 0.1) is 0 Å². The Kier molecular flexibility index (Phi) is 11.6. The predicted molar refractivity (Wildman–Crippen MR) is 143 cm³/mol. The summed E-state index contributed by atoms with van der Waals surface area (Å²) in [5.41, 5.74) is 8.07. The fourth-order valence-electron chi connectivity index (χ4n) is 3.82. The Hall–Kier alpha value is -3.51. The van der Waals surface area contributed by atoms with E-state index in [0.29, 0.717) is 26.2 Å². The molecule has 3 rings (SSSR count). The average Bonchev–Trinajstić information content (AvgIpc) is 2.91. The minimum atomic E-state index is -0.576. The van der Waals surface area contributed by atoms with Crippen molar-refractivity contribution in [3.8, 4) is 17.2 Å². The maximum Gasteiger partial charge on any atom is 0.237 e. The third-order valence-electron chi connectivity index (χ3n) is 5.94. The van der Waals surface area contributed by atoms with Gasteiger partial charge in [0, 0.05) is 6.54 Å². The fraction of sp³-hybridized carbons (Fsp3) is 0.367. The monoisotopic (exact) mass is 490 g/mol. The molecule has 192 valence electrons. The highest BCUT2D eigenvalue weighted by molar-refractivity contribution is 5.81. The number of phenolic OH excluding ortho intramolecular Hbond substituents is 1. The summed E-state index contributed by atoms with van der Waals surface area (Å²) in [5, 5.41) is 12.2.